The Balaban J connectivity index is 2.10. The van der Waals surface area contributed by atoms with Crippen LogP contribution in [-0.4, -0.2) is 24.3 Å². The van der Waals surface area contributed by atoms with Crippen molar-refractivity contribution >= 4 is 39.7 Å². The fourth-order valence-electron chi connectivity index (χ4n) is 1.68. The van der Waals surface area contributed by atoms with E-state index in [1.54, 1.807) is 24.3 Å². The first-order valence-corrected chi connectivity index (χ1v) is 7.34. The zero-order valence-corrected chi connectivity index (χ0v) is 13.9. The summed E-state index contributed by atoms with van der Waals surface area (Å²) in [7, 11) is 1.42. The van der Waals surface area contributed by atoms with Gasteiger partial charge in [-0.25, -0.2) is 5.43 Å². The number of halogens is 2. The molecular weight excluding hydrogens is 372 g/mol. The average molecular weight is 384 g/mol. The summed E-state index contributed by atoms with van der Waals surface area (Å²) in [5.74, 6) is -0.249. The van der Waals surface area contributed by atoms with E-state index in [2.05, 4.69) is 26.5 Å². The predicted octanol–water partition coefficient (Wildman–Crippen LogP) is 3.58. The van der Waals surface area contributed by atoms with Crippen LogP contribution in [0.1, 0.15) is 15.9 Å². The van der Waals surface area contributed by atoms with Crippen molar-refractivity contribution in [3.8, 4) is 11.5 Å². The highest BCUT2D eigenvalue weighted by molar-refractivity contribution is 9.10. The molecule has 0 aliphatic heterocycles. The van der Waals surface area contributed by atoms with E-state index in [1.165, 1.54) is 19.4 Å². The number of nitrogens with zero attached hydrogens (tertiary/aromatic N) is 1. The van der Waals surface area contributed by atoms with Crippen molar-refractivity contribution < 1.29 is 14.6 Å². The third-order valence-electron chi connectivity index (χ3n) is 2.74. The largest absolute Gasteiger partial charge is 0.503 e. The van der Waals surface area contributed by atoms with Crippen molar-refractivity contribution in [2.45, 2.75) is 0 Å². The number of nitrogens with one attached hydrogen (secondary N) is 1. The number of ether oxygens (including phenoxy) is 1. The summed E-state index contributed by atoms with van der Waals surface area (Å²) in [5, 5.41) is 13.6. The molecule has 0 saturated carbocycles. The monoisotopic (exact) mass is 382 g/mol. The van der Waals surface area contributed by atoms with Crippen molar-refractivity contribution in [1.29, 1.82) is 0 Å². The molecule has 0 heterocycles. The van der Waals surface area contributed by atoms with Crippen LogP contribution in [0.2, 0.25) is 5.02 Å². The second-order valence-electron chi connectivity index (χ2n) is 4.26. The van der Waals surface area contributed by atoms with Crippen molar-refractivity contribution in [3.05, 3.63) is 57.0 Å². The predicted molar refractivity (Wildman–Crippen MR) is 88.9 cm³/mol. The van der Waals surface area contributed by atoms with Crippen molar-refractivity contribution in [3.63, 3.8) is 0 Å². The lowest BCUT2D eigenvalue weighted by Gasteiger charge is -2.06. The van der Waals surface area contributed by atoms with Crippen LogP contribution in [0.25, 0.3) is 0 Å². The van der Waals surface area contributed by atoms with E-state index < -0.39 is 0 Å². The SMILES string of the molecule is COc1cc(/C=N/NC(=O)c2cccc(Br)c2)cc(Cl)c1O. The summed E-state index contributed by atoms with van der Waals surface area (Å²) < 4.78 is 5.79. The normalized spacial score (nSPS) is 10.7. The smallest absolute Gasteiger partial charge is 0.271 e. The zero-order valence-electron chi connectivity index (χ0n) is 11.5. The molecule has 0 aromatic heterocycles. The van der Waals surface area contributed by atoms with Gasteiger partial charge in [0.05, 0.1) is 18.3 Å². The van der Waals surface area contributed by atoms with E-state index in [0.717, 1.165) is 4.47 Å². The molecule has 114 valence electrons. The summed E-state index contributed by atoms with van der Waals surface area (Å²) in [6.07, 6.45) is 1.41. The Morgan fingerprint density at radius 1 is 1.41 bits per heavy atom. The second-order valence-corrected chi connectivity index (χ2v) is 5.59. The van der Waals surface area contributed by atoms with E-state index in [0.29, 0.717) is 11.1 Å². The van der Waals surface area contributed by atoms with Gasteiger partial charge in [0.25, 0.3) is 5.91 Å². The van der Waals surface area contributed by atoms with Crippen LogP contribution in [0.3, 0.4) is 0 Å². The molecule has 0 radical (unpaired) electrons. The van der Waals surface area contributed by atoms with Crippen LogP contribution >= 0.6 is 27.5 Å². The highest BCUT2D eigenvalue weighted by atomic mass is 79.9. The van der Waals surface area contributed by atoms with Gasteiger partial charge in [0.2, 0.25) is 0 Å². The van der Waals surface area contributed by atoms with E-state index in [-0.39, 0.29) is 22.4 Å². The summed E-state index contributed by atoms with van der Waals surface area (Å²) >= 11 is 9.16. The fourth-order valence-corrected chi connectivity index (χ4v) is 2.30. The molecule has 2 aromatic rings. The van der Waals surface area contributed by atoms with Crippen molar-refractivity contribution in [2.24, 2.45) is 5.10 Å². The van der Waals surface area contributed by atoms with Crippen molar-refractivity contribution in [2.75, 3.05) is 7.11 Å². The lowest BCUT2D eigenvalue weighted by atomic mass is 10.2. The molecule has 0 unspecified atom stereocenters. The number of phenols is 1. The molecule has 2 N–H and O–H groups in total. The van der Waals surface area contributed by atoms with Crippen LogP contribution < -0.4 is 10.2 Å². The van der Waals surface area contributed by atoms with Gasteiger partial charge in [-0.15, -0.1) is 0 Å². The Morgan fingerprint density at radius 2 is 2.18 bits per heavy atom. The number of rotatable bonds is 4. The number of benzene rings is 2. The lowest BCUT2D eigenvalue weighted by Crippen LogP contribution is -2.17. The number of aromatic hydroxyl groups is 1. The van der Waals surface area contributed by atoms with Gasteiger partial charge >= 0.3 is 0 Å². The Morgan fingerprint density at radius 3 is 2.86 bits per heavy atom. The highest BCUT2D eigenvalue weighted by Gasteiger charge is 2.08. The minimum Gasteiger partial charge on any atom is -0.503 e. The number of hydrogen-bond donors (Lipinski definition) is 2. The summed E-state index contributed by atoms with van der Waals surface area (Å²) in [4.78, 5) is 11.9. The maximum Gasteiger partial charge on any atom is 0.271 e. The first-order valence-electron chi connectivity index (χ1n) is 6.16. The van der Waals surface area contributed by atoms with Gasteiger partial charge in [-0.1, -0.05) is 33.6 Å². The van der Waals surface area contributed by atoms with Crippen LogP contribution in [0.4, 0.5) is 0 Å². The van der Waals surface area contributed by atoms with Crippen LogP contribution in [0.15, 0.2) is 46.0 Å². The first-order chi connectivity index (χ1) is 10.5. The molecule has 0 atom stereocenters. The maximum atomic E-state index is 11.9. The first kappa shape index (κ1) is 16.3. The van der Waals surface area contributed by atoms with Gasteiger partial charge in [0.15, 0.2) is 11.5 Å². The van der Waals surface area contributed by atoms with Crippen LogP contribution in [-0.2, 0) is 0 Å². The molecule has 22 heavy (non-hydrogen) atoms. The molecule has 2 rings (SSSR count). The van der Waals surface area contributed by atoms with E-state index in [9.17, 15) is 9.90 Å². The molecule has 0 aliphatic carbocycles. The van der Waals surface area contributed by atoms with Gasteiger partial charge in [0, 0.05) is 10.0 Å². The number of amides is 1. The lowest BCUT2D eigenvalue weighted by molar-refractivity contribution is 0.0955. The fraction of sp³-hybridized carbons (Fsp3) is 0.0667. The molecular formula is C15H12BrClN2O3. The quantitative estimate of drug-likeness (QED) is 0.626. The Labute approximate surface area is 140 Å². The number of carbonyl (C=O) groups is 1. The molecule has 1 amide bonds. The zero-order chi connectivity index (χ0) is 16.1. The summed E-state index contributed by atoms with van der Waals surface area (Å²) in [6, 6.07) is 10.0. The van der Waals surface area contributed by atoms with Crippen LogP contribution in [0.5, 0.6) is 11.5 Å². The number of methoxy groups -OCH3 is 1. The molecule has 0 spiro atoms. The molecule has 7 heteroatoms. The second kappa shape index (κ2) is 7.29. The number of carbonyl (C=O) groups excluding carboxylic acids is 1. The van der Waals surface area contributed by atoms with E-state index >= 15 is 0 Å². The molecule has 0 saturated heterocycles. The van der Waals surface area contributed by atoms with Gasteiger partial charge in [-0.2, -0.15) is 5.10 Å². The standard InChI is InChI=1S/C15H12BrClN2O3/c1-22-13-6-9(5-12(17)14(13)20)8-18-19-15(21)10-3-2-4-11(16)7-10/h2-8,20H,1H3,(H,19,21)/b18-8+. The molecule has 2 aromatic carbocycles. The Bertz CT molecular complexity index is 735. The van der Waals surface area contributed by atoms with E-state index in [1.807, 2.05) is 6.07 Å². The van der Waals surface area contributed by atoms with Crippen molar-refractivity contribution in [1.82, 2.24) is 5.43 Å². The van der Waals surface area contributed by atoms with Gasteiger partial charge in [-0.3, -0.25) is 4.79 Å². The minimum absolute atomic E-state index is 0.138. The Hall–Kier alpha value is -2.05. The van der Waals surface area contributed by atoms with Gasteiger partial charge in [-0.05, 0) is 35.9 Å². The summed E-state index contributed by atoms with van der Waals surface area (Å²) in [5.41, 5.74) is 3.47. The minimum atomic E-state index is -0.339. The molecule has 5 nitrogen and oxygen atoms in total. The van der Waals surface area contributed by atoms with Gasteiger partial charge < -0.3 is 9.84 Å². The number of hydrazone groups is 1. The summed E-state index contributed by atoms with van der Waals surface area (Å²) in [6.45, 7) is 0. The number of phenolic OH excluding ortho intramolecular Hbond substituents is 1. The van der Waals surface area contributed by atoms with E-state index in [4.69, 9.17) is 16.3 Å². The maximum absolute atomic E-state index is 11.9. The molecule has 0 fully saturated rings. The number of hydrogen-bond acceptors (Lipinski definition) is 4. The third-order valence-corrected chi connectivity index (χ3v) is 3.52. The molecule has 0 bridgehead atoms. The van der Waals surface area contributed by atoms with Crippen LogP contribution in [0, 0.1) is 0 Å². The molecule has 0 aliphatic rings. The average Bonchev–Trinajstić information content (AvgIpc) is 2.50. The third kappa shape index (κ3) is 3.99. The topological polar surface area (TPSA) is 70.9 Å². The van der Waals surface area contributed by atoms with Gasteiger partial charge in [0.1, 0.15) is 0 Å². The highest BCUT2D eigenvalue weighted by Crippen LogP contribution is 2.34. The Kier molecular flexibility index (Phi) is 5.41.